The third-order valence-electron chi connectivity index (χ3n) is 5.60. The number of aromatic nitrogens is 4. The number of carbonyl (C=O) groups excluding carboxylic acids is 1. The third kappa shape index (κ3) is 3.30. The topological polar surface area (TPSA) is 67.2 Å². The number of carbonyl (C=O) groups is 1. The molecular formula is C19H26N6O. The predicted molar refractivity (Wildman–Crippen MR) is 99.0 cm³/mol. The first-order valence-corrected chi connectivity index (χ1v) is 9.37. The quantitative estimate of drug-likeness (QED) is 0.826. The summed E-state index contributed by atoms with van der Waals surface area (Å²) in [5.74, 6) is 0.867. The molecule has 2 aliphatic rings. The number of amides is 1. The first-order valence-electron chi connectivity index (χ1n) is 9.37. The predicted octanol–water partition coefficient (Wildman–Crippen LogP) is 2.04. The van der Waals surface area contributed by atoms with Gasteiger partial charge in [0.15, 0.2) is 0 Å². The molecule has 7 heteroatoms. The Morgan fingerprint density at radius 1 is 1.15 bits per heavy atom. The molecule has 2 aromatic rings. The molecular weight excluding hydrogens is 328 g/mol. The average Bonchev–Trinajstić information content (AvgIpc) is 3.07. The van der Waals surface area contributed by atoms with E-state index in [0.29, 0.717) is 5.69 Å². The van der Waals surface area contributed by atoms with Crippen LogP contribution in [0.3, 0.4) is 0 Å². The summed E-state index contributed by atoms with van der Waals surface area (Å²) in [6, 6.07) is 1.93. The van der Waals surface area contributed by atoms with Crippen LogP contribution in [0, 0.1) is 12.3 Å². The van der Waals surface area contributed by atoms with Gasteiger partial charge in [0.05, 0.1) is 6.33 Å². The van der Waals surface area contributed by atoms with Gasteiger partial charge in [0.1, 0.15) is 5.69 Å². The lowest BCUT2D eigenvalue weighted by molar-refractivity contribution is 0.0460. The summed E-state index contributed by atoms with van der Waals surface area (Å²) in [5.41, 5.74) is 1.66. The Labute approximate surface area is 154 Å². The van der Waals surface area contributed by atoms with Crippen LogP contribution in [-0.2, 0) is 7.05 Å². The Morgan fingerprint density at radius 2 is 1.96 bits per heavy atom. The van der Waals surface area contributed by atoms with Crippen molar-refractivity contribution in [3.8, 4) is 0 Å². The fraction of sp³-hybridized carbons (Fsp3) is 0.579. The van der Waals surface area contributed by atoms with Gasteiger partial charge in [0.2, 0.25) is 5.95 Å². The lowest BCUT2D eigenvalue weighted by atomic mass is 9.73. The highest BCUT2D eigenvalue weighted by Crippen LogP contribution is 2.39. The zero-order valence-electron chi connectivity index (χ0n) is 15.6. The number of anilines is 1. The van der Waals surface area contributed by atoms with E-state index in [-0.39, 0.29) is 11.3 Å². The lowest BCUT2D eigenvalue weighted by Crippen LogP contribution is -2.54. The Bertz CT molecular complexity index is 799. The highest BCUT2D eigenvalue weighted by molar-refractivity contribution is 5.92. The summed E-state index contributed by atoms with van der Waals surface area (Å²) < 4.78 is 1.82. The summed E-state index contributed by atoms with van der Waals surface area (Å²) >= 11 is 0. The molecule has 0 radical (unpaired) electrons. The number of hydrogen-bond donors (Lipinski definition) is 0. The maximum Gasteiger partial charge on any atom is 0.274 e. The molecule has 1 unspecified atom stereocenters. The van der Waals surface area contributed by atoms with Crippen LogP contribution >= 0.6 is 0 Å². The van der Waals surface area contributed by atoms with Crippen LogP contribution in [0.1, 0.15) is 41.9 Å². The Balaban J connectivity index is 1.51. The summed E-state index contributed by atoms with van der Waals surface area (Å²) in [4.78, 5) is 30.4. The second kappa shape index (κ2) is 6.70. The van der Waals surface area contributed by atoms with Gasteiger partial charge >= 0.3 is 0 Å². The van der Waals surface area contributed by atoms with Gasteiger partial charge in [0.25, 0.3) is 5.91 Å². The molecule has 2 saturated heterocycles. The van der Waals surface area contributed by atoms with Crippen LogP contribution in [0.2, 0.25) is 0 Å². The minimum atomic E-state index is 0.0496. The number of aryl methyl sites for hydroxylation is 2. The van der Waals surface area contributed by atoms with E-state index in [1.807, 2.05) is 35.7 Å². The number of hydrogen-bond acceptors (Lipinski definition) is 5. The van der Waals surface area contributed by atoms with Crippen LogP contribution in [-0.4, -0.2) is 56.5 Å². The van der Waals surface area contributed by atoms with Crippen molar-refractivity contribution < 1.29 is 4.79 Å². The minimum absolute atomic E-state index is 0.0496. The molecule has 4 rings (SSSR count). The molecule has 7 nitrogen and oxygen atoms in total. The molecule has 0 aromatic carbocycles. The van der Waals surface area contributed by atoms with Crippen molar-refractivity contribution in [3.05, 3.63) is 36.2 Å². The lowest BCUT2D eigenvalue weighted by Gasteiger charge is -2.48. The molecule has 26 heavy (non-hydrogen) atoms. The van der Waals surface area contributed by atoms with Crippen molar-refractivity contribution >= 4 is 11.9 Å². The number of nitrogens with zero attached hydrogens (tertiary/aromatic N) is 6. The molecule has 0 N–H and O–H groups in total. The maximum absolute atomic E-state index is 12.8. The van der Waals surface area contributed by atoms with Gasteiger partial charge in [-0.3, -0.25) is 4.79 Å². The summed E-state index contributed by atoms with van der Waals surface area (Å²) in [6.07, 6.45) is 9.78. The first-order chi connectivity index (χ1) is 12.5. The molecule has 0 saturated carbocycles. The van der Waals surface area contributed by atoms with Crippen LogP contribution in [0.5, 0.6) is 0 Å². The van der Waals surface area contributed by atoms with Crippen molar-refractivity contribution in [2.24, 2.45) is 12.5 Å². The van der Waals surface area contributed by atoms with Gasteiger partial charge in [-0.2, -0.15) is 0 Å². The highest BCUT2D eigenvalue weighted by Gasteiger charge is 2.41. The monoisotopic (exact) mass is 354 g/mol. The van der Waals surface area contributed by atoms with Crippen LogP contribution in [0.15, 0.2) is 24.8 Å². The van der Waals surface area contributed by atoms with Crippen molar-refractivity contribution in [3.63, 3.8) is 0 Å². The third-order valence-corrected chi connectivity index (χ3v) is 5.60. The van der Waals surface area contributed by atoms with Crippen LogP contribution in [0.25, 0.3) is 0 Å². The van der Waals surface area contributed by atoms with Gasteiger partial charge in [-0.05, 0) is 38.7 Å². The van der Waals surface area contributed by atoms with Gasteiger partial charge in [-0.15, -0.1) is 0 Å². The average molecular weight is 354 g/mol. The van der Waals surface area contributed by atoms with Crippen molar-refractivity contribution in [1.82, 2.24) is 24.4 Å². The summed E-state index contributed by atoms with van der Waals surface area (Å²) in [6.45, 7) is 5.52. The van der Waals surface area contributed by atoms with Gasteiger partial charge in [-0.25, -0.2) is 15.0 Å². The van der Waals surface area contributed by atoms with Crippen molar-refractivity contribution in [2.75, 3.05) is 31.1 Å². The Kier molecular flexibility index (Phi) is 4.38. The summed E-state index contributed by atoms with van der Waals surface area (Å²) in [7, 11) is 1.89. The number of imidazole rings is 1. The van der Waals surface area contributed by atoms with Gasteiger partial charge in [-0.1, -0.05) is 0 Å². The van der Waals surface area contributed by atoms with Crippen LogP contribution in [0.4, 0.5) is 5.95 Å². The second-order valence-electron chi connectivity index (χ2n) is 7.78. The van der Waals surface area contributed by atoms with Gasteiger partial charge < -0.3 is 14.4 Å². The maximum atomic E-state index is 12.8. The van der Waals surface area contributed by atoms with E-state index in [9.17, 15) is 4.79 Å². The standard InChI is InChI=1S/C19H26N6O/c1-15-5-8-20-18(22-15)25-10-4-7-19(13-25)6-3-9-24(12-19)17(26)16-11-23(2)14-21-16/h5,8,11,14H,3-4,6-7,9-10,12-13H2,1-2H3. The number of piperidine rings is 2. The van der Waals surface area contributed by atoms with E-state index in [2.05, 4.69) is 19.9 Å². The molecule has 2 aliphatic heterocycles. The molecule has 138 valence electrons. The number of rotatable bonds is 2. The van der Waals surface area contributed by atoms with E-state index < -0.39 is 0 Å². The smallest absolute Gasteiger partial charge is 0.274 e. The zero-order valence-corrected chi connectivity index (χ0v) is 15.6. The van der Waals surface area contributed by atoms with Crippen molar-refractivity contribution in [1.29, 1.82) is 0 Å². The molecule has 2 fully saturated rings. The molecule has 0 aliphatic carbocycles. The highest BCUT2D eigenvalue weighted by atomic mass is 16.2. The Morgan fingerprint density at radius 3 is 2.69 bits per heavy atom. The van der Waals surface area contributed by atoms with Crippen molar-refractivity contribution in [2.45, 2.75) is 32.6 Å². The fourth-order valence-electron chi connectivity index (χ4n) is 4.37. The van der Waals surface area contributed by atoms with Crippen LogP contribution < -0.4 is 4.90 Å². The molecule has 1 spiro atoms. The largest absolute Gasteiger partial charge is 0.340 e. The SMILES string of the molecule is Cc1ccnc(N2CCCC3(CCCN(C(=O)c4cn(C)cn4)C3)C2)n1. The summed E-state index contributed by atoms with van der Waals surface area (Å²) in [5, 5.41) is 0. The molecule has 0 bridgehead atoms. The molecule has 4 heterocycles. The second-order valence-corrected chi connectivity index (χ2v) is 7.78. The van der Waals surface area contributed by atoms with E-state index in [1.54, 1.807) is 12.5 Å². The van der Waals surface area contributed by atoms with E-state index in [0.717, 1.165) is 63.5 Å². The first kappa shape index (κ1) is 17.0. The molecule has 2 aromatic heterocycles. The fourth-order valence-corrected chi connectivity index (χ4v) is 4.37. The number of likely N-dealkylation sites (tertiary alicyclic amines) is 1. The van der Waals surface area contributed by atoms with Gasteiger partial charge in [0, 0.05) is 56.7 Å². The Hall–Kier alpha value is -2.44. The molecule has 1 atom stereocenters. The van der Waals surface area contributed by atoms with E-state index >= 15 is 0 Å². The van der Waals surface area contributed by atoms with E-state index in [4.69, 9.17) is 0 Å². The minimum Gasteiger partial charge on any atom is -0.340 e. The molecule has 1 amide bonds. The van der Waals surface area contributed by atoms with E-state index in [1.165, 1.54) is 0 Å². The zero-order chi connectivity index (χ0) is 18.1. The normalized spacial score (nSPS) is 23.5.